The summed E-state index contributed by atoms with van der Waals surface area (Å²) < 4.78 is 43.8. The van der Waals surface area contributed by atoms with Crippen LogP contribution in [0.1, 0.15) is 24.1 Å². The molecule has 1 aliphatic heterocycles. The van der Waals surface area contributed by atoms with E-state index in [2.05, 4.69) is 25.3 Å². The Morgan fingerprint density at radius 3 is 2.90 bits per heavy atom. The fourth-order valence-electron chi connectivity index (χ4n) is 2.74. The van der Waals surface area contributed by atoms with Crippen LogP contribution in [0.2, 0.25) is 0 Å². The predicted molar refractivity (Wildman–Crippen MR) is 102 cm³/mol. The van der Waals surface area contributed by atoms with E-state index in [4.69, 9.17) is 0 Å². The number of carbonyl (C=O) groups excluding carboxylic acids is 1. The molecular formula is C17H19F3N6O3S. The van der Waals surface area contributed by atoms with Crippen LogP contribution in [0, 0.1) is 5.82 Å². The molecule has 13 heteroatoms. The predicted octanol–water partition coefficient (Wildman–Crippen LogP) is 2.12. The van der Waals surface area contributed by atoms with Gasteiger partial charge in [0.15, 0.2) is 16.6 Å². The summed E-state index contributed by atoms with van der Waals surface area (Å²) in [6.45, 7) is 1.26. The molecule has 1 aliphatic rings. The van der Waals surface area contributed by atoms with E-state index in [1.165, 1.54) is 17.8 Å². The van der Waals surface area contributed by atoms with Crippen molar-refractivity contribution in [1.82, 2.24) is 26.0 Å². The van der Waals surface area contributed by atoms with E-state index in [9.17, 15) is 23.2 Å². The molecular weight excluding hydrogens is 425 g/mol. The van der Waals surface area contributed by atoms with Gasteiger partial charge in [-0.3, -0.25) is 20.4 Å². The van der Waals surface area contributed by atoms with Gasteiger partial charge in [0.05, 0.1) is 17.3 Å². The van der Waals surface area contributed by atoms with Crippen molar-refractivity contribution in [2.24, 2.45) is 4.99 Å². The molecule has 162 valence electrons. The molecule has 3 N–H and O–H groups in total. The molecule has 3 rings (SSSR count). The summed E-state index contributed by atoms with van der Waals surface area (Å²) in [4.78, 5) is 17.9. The molecule has 0 radical (unpaired) electrons. The maximum atomic E-state index is 13.4. The zero-order chi connectivity index (χ0) is 21.7. The van der Waals surface area contributed by atoms with Gasteiger partial charge >= 0.3 is 0 Å². The normalized spacial score (nSPS) is 17.1. The topological polar surface area (TPSA) is 116 Å². The van der Waals surface area contributed by atoms with Crippen molar-refractivity contribution < 1.29 is 27.8 Å². The summed E-state index contributed by atoms with van der Waals surface area (Å²) >= 11 is 1.19. The Hall–Kier alpha value is -2.64. The maximum absolute atomic E-state index is 13.4. The smallest absolute Gasteiger partial charge is 0.266 e. The van der Waals surface area contributed by atoms with Crippen LogP contribution in [-0.4, -0.2) is 64.1 Å². The number of aromatic nitrogens is 2. The van der Waals surface area contributed by atoms with Gasteiger partial charge in [0.2, 0.25) is 5.91 Å². The molecule has 2 aromatic rings. The van der Waals surface area contributed by atoms with Crippen molar-refractivity contribution in [1.29, 1.82) is 0 Å². The first-order valence-electron chi connectivity index (χ1n) is 8.90. The molecule has 1 amide bonds. The summed E-state index contributed by atoms with van der Waals surface area (Å²) in [6.07, 6.45) is -2.19. The van der Waals surface area contributed by atoms with E-state index < -0.39 is 17.8 Å². The van der Waals surface area contributed by atoms with Gasteiger partial charge < -0.3 is 5.32 Å². The average Bonchev–Trinajstić information content (AvgIpc) is 3.17. The van der Waals surface area contributed by atoms with Crippen molar-refractivity contribution in [2.45, 2.75) is 23.9 Å². The van der Waals surface area contributed by atoms with E-state index in [-0.39, 0.29) is 34.2 Å². The average molecular weight is 444 g/mol. The number of benzene rings is 1. The number of rotatable bonds is 8. The van der Waals surface area contributed by atoms with Gasteiger partial charge in [-0.05, 0) is 42.0 Å². The third-order valence-corrected chi connectivity index (χ3v) is 5.42. The lowest BCUT2D eigenvalue weighted by molar-refractivity contribution is -0.129. The lowest BCUT2D eigenvalue weighted by Gasteiger charge is -2.36. The van der Waals surface area contributed by atoms with Crippen molar-refractivity contribution in [2.75, 3.05) is 25.9 Å². The Morgan fingerprint density at radius 1 is 1.47 bits per heavy atom. The second kappa shape index (κ2) is 9.91. The number of hydrogen-bond acceptors (Lipinski definition) is 8. The van der Waals surface area contributed by atoms with Crippen LogP contribution in [0.3, 0.4) is 0 Å². The number of amidine groups is 1. The summed E-state index contributed by atoms with van der Waals surface area (Å²) in [5, 5.41) is 19.9. The summed E-state index contributed by atoms with van der Waals surface area (Å²) in [7, 11) is 1.88. The summed E-state index contributed by atoms with van der Waals surface area (Å²) in [5.41, 5.74) is 1.02. The van der Waals surface area contributed by atoms with Crippen LogP contribution in [0.15, 0.2) is 32.8 Å². The molecule has 1 unspecified atom stereocenters. The van der Waals surface area contributed by atoms with Crippen LogP contribution in [0.4, 0.5) is 18.9 Å². The molecule has 1 atom stereocenters. The zero-order valence-electron chi connectivity index (χ0n) is 15.8. The number of nitrogens with one attached hydrogen (secondary N) is 2. The summed E-state index contributed by atoms with van der Waals surface area (Å²) in [6, 6.07) is 2.79. The van der Waals surface area contributed by atoms with Gasteiger partial charge in [-0.15, -0.1) is 0 Å². The van der Waals surface area contributed by atoms with Crippen LogP contribution in [0.25, 0.3) is 0 Å². The Morgan fingerprint density at radius 2 is 2.27 bits per heavy atom. The molecule has 30 heavy (non-hydrogen) atoms. The van der Waals surface area contributed by atoms with Gasteiger partial charge in [0, 0.05) is 18.8 Å². The Labute approximate surface area is 173 Å². The van der Waals surface area contributed by atoms with Crippen molar-refractivity contribution >= 4 is 29.2 Å². The minimum atomic E-state index is -3.01. The number of aliphatic imine (C=N–C) groups is 1. The number of carbonyl (C=O) groups is 1. The lowest BCUT2D eigenvalue weighted by Crippen LogP contribution is -2.54. The number of hydroxylamine groups is 1. The number of amides is 1. The molecule has 0 saturated carbocycles. The van der Waals surface area contributed by atoms with E-state index in [0.29, 0.717) is 12.3 Å². The number of hydrogen-bond donors (Lipinski definition) is 3. The first kappa shape index (κ1) is 22.1. The molecule has 1 fully saturated rings. The molecule has 1 saturated heterocycles. The molecule has 0 aliphatic carbocycles. The number of halogens is 3. The SMILES string of the molecule is CN1CCC1C(=O)NCCSc1nonc1C(=Nc1ccc(F)c(C(F)F)c1)NO. The second-order valence-corrected chi connectivity index (χ2v) is 7.50. The number of alkyl halides is 2. The first-order valence-corrected chi connectivity index (χ1v) is 9.89. The monoisotopic (exact) mass is 444 g/mol. The molecule has 2 heterocycles. The van der Waals surface area contributed by atoms with Gasteiger partial charge in [0.1, 0.15) is 5.82 Å². The van der Waals surface area contributed by atoms with Crippen molar-refractivity contribution in [3.05, 3.63) is 35.3 Å². The van der Waals surface area contributed by atoms with Gasteiger partial charge in [-0.1, -0.05) is 11.8 Å². The quantitative estimate of drug-likeness (QED) is 0.186. The van der Waals surface area contributed by atoms with Crippen LogP contribution >= 0.6 is 11.8 Å². The highest BCUT2D eigenvalue weighted by atomic mass is 32.2. The largest absolute Gasteiger partial charge is 0.354 e. The van der Waals surface area contributed by atoms with E-state index in [1.807, 2.05) is 17.4 Å². The Balaban J connectivity index is 1.64. The molecule has 1 aromatic heterocycles. The number of likely N-dealkylation sites (N-methyl/N-ethyl adjacent to an activating group) is 1. The number of likely N-dealkylation sites (tertiary alicyclic amines) is 1. The minimum Gasteiger partial charge on any atom is -0.354 e. The highest BCUT2D eigenvalue weighted by Crippen LogP contribution is 2.27. The van der Waals surface area contributed by atoms with Gasteiger partial charge in [0.25, 0.3) is 6.43 Å². The van der Waals surface area contributed by atoms with Crippen LogP contribution in [0.5, 0.6) is 0 Å². The first-order chi connectivity index (χ1) is 14.4. The zero-order valence-corrected chi connectivity index (χ0v) is 16.6. The van der Waals surface area contributed by atoms with Crippen LogP contribution < -0.4 is 10.8 Å². The third kappa shape index (κ3) is 5.09. The Kier molecular flexibility index (Phi) is 7.29. The molecule has 1 aromatic carbocycles. The lowest BCUT2D eigenvalue weighted by atomic mass is 10.0. The van der Waals surface area contributed by atoms with Crippen LogP contribution in [-0.2, 0) is 4.79 Å². The van der Waals surface area contributed by atoms with Gasteiger partial charge in [-0.2, -0.15) is 0 Å². The number of thioether (sulfide) groups is 1. The number of nitrogens with zero attached hydrogens (tertiary/aromatic N) is 4. The Bertz CT molecular complexity index is 926. The fraction of sp³-hybridized carbons (Fsp3) is 0.412. The second-order valence-electron chi connectivity index (χ2n) is 6.42. The van der Waals surface area contributed by atoms with Gasteiger partial charge in [-0.25, -0.2) is 22.8 Å². The highest BCUT2D eigenvalue weighted by Gasteiger charge is 2.30. The van der Waals surface area contributed by atoms with Crippen molar-refractivity contribution in [3.63, 3.8) is 0 Å². The highest BCUT2D eigenvalue weighted by molar-refractivity contribution is 7.99. The molecule has 0 bridgehead atoms. The standard InChI is InChI=1S/C17H19F3N6O3S/c1-26-6-4-12(26)16(27)21-5-7-30-17-13(24-29-25-17)15(23-28)22-9-2-3-11(18)10(8-9)14(19)20/h2-3,8,12,14,28H,4-7H2,1H3,(H,21,27)(H,22,23). The fourth-order valence-corrected chi connectivity index (χ4v) is 3.49. The van der Waals surface area contributed by atoms with Crippen molar-refractivity contribution in [3.8, 4) is 0 Å². The van der Waals surface area contributed by atoms with E-state index in [1.54, 1.807) is 0 Å². The minimum absolute atomic E-state index is 0.0286. The van der Waals surface area contributed by atoms with E-state index in [0.717, 1.165) is 25.1 Å². The van der Waals surface area contributed by atoms with E-state index >= 15 is 0 Å². The molecule has 9 nitrogen and oxygen atoms in total. The maximum Gasteiger partial charge on any atom is 0.266 e. The summed E-state index contributed by atoms with van der Waals surface area (Å²) in [5.74, 6) is -0.885. The third-order valence-electron chi connectivity index (χ3n) is 4.47. The molecule has 0 spiro atoms.